The fourth-order valence-corrected chi connectivity index (χ4v) is 3.33. The minimum atomic E-state index is -0.533. The molecule has 1 aliphatic heterocycles. The number of likely N-dealkylation sites (tertiary alicyclic amines) is 1. The maximum Gasteiger partial charge on any atom is 0.360 e. The van der Waals surface area contributed by atoms with Crippen LogP contribution >= 0.6 is 0 Å². The van der Waals surface area contributed by atoms with Gasteiger partial charge in [0.05, 0.1) is 24.3 Å². The van der Waals surface area contributed by atoms with Crippen molar-refractivity contribution in [3.63, 3.8) is 0 Å². The van der Waals surface area contributed by atoms with Crippen LogP contribution in [0.15, 0.2) is 34.9 Å². The Bertz CT molecular complexity index is 820. The normalized spacial score (nSPS) is 19.6. The average Bonchev–Trinajstić information content (AvgIpc) is 3.18. The summed E-state index contributed by atoms with van der Waals surface area (Å²) in [6.07, 6.45) is 2.97. The Hall–Kier alpha value is -2.87. The molecule has 2 atom stereocenters. The van der Waals surface area contributed by atoms with E-state index in [2.05, 4.69) is 20.6 Å². The van der Waals surface area contributed by atoms with Gasteiger partial charge in [0.15, 0.2) is 11.6 Å². The third kappa shape index (κ3) is 3.95. The number of carbonyl (C=O) groups is 2. The van der Waals surface area contributed by atoms with Crippen LogP contribution in [-0.4, -0.2) is 48.5 Å². The predicted molar refractivity (Wildman–Crippen MR) is 99.4 cm³/mol. The van der Waals surface area contributed by atoms with E-state index in [0.717, 1.165) is 18.5 Å². The SMILES string of the molecule is CNNc1ccccc1C(=O)N1C[C@H](c2nc(C(=O)OC)co2)CC[C@H]1C. The zero-order valence-corrected chi connectivity index (χ0v) is 15.7. The topological polar surface area (TPSA) is 96.7 Å². The van der Waals surface area contributed by atoms with E-state index in [-0.39, 0.29) is 23.6 Å². The number of hydrazine groups is 1. The molecule has 1 aromatic heterocycles. The van der Waals surface area contributed by atoms with Crippen molar-refractivity contribution in [2.45, 2.75) is 31.7 Å². The van der Waals surface area contributed by atoms with Gasteiger partial charge in [-0.15, -0.1) is 0 Å². The Balaban J connectivity index is 1.80. The number of methoxy groups -OCH3 is 1. The summed E-state index contributed by atoms with van der Waals surface area (Å²) in [5.41, 5.74) is 7.32. The summed E-state index contributed by atoms with van der Waals surface area (Å²) in [7, 11) is 3.05. The quantitative estimate of drug-likeness (QED) is 0.614. The molecule has 0 saturated carbocycles. The zero-order chi connectivity index (χ0) is 19.4. The molecule has 0 spiro atoms. The molecule has 8 nitrogen and oxygen atoms in total. The second-order valence-corrected chi connectivity index (χ2v) is 6.56. The fourth-order valence-electron chi connectivity index (χ4n) is 3.33. The lowest BCUT2D eigenvalue weighted by atomic mass is 9.92. The van der Waals surface area contributed by atoms with Crippen LogP contribution in [0.2, 0.25) is 0 Å². The largest absolute Gasteiger partial charge is 0.464 e. The first kappa shape index (κ1) is 18.9. The van der Waals surface area contributed by atoms with Gasteiger partial charge in [0.1, 0.15) is 6.26 Å². The van der Waals surface area contributed by atoms with Crippen LogP contribution in [0, 0.1) is 0 Å². The van der Waals surface area contributed by atoms with Gasteiger partial charge in [0.2, 0.25) is 0 Å². The second-order valence-electron chi connectivity index (χ2n) is 6.56. The summed E-state index contributed by atoms with van der Waals surface area (Å²) in [5.74, 6) is -0.186. The Kier molecular flexibility index (Phi) is 5.75. The molecule has 27 heavy (non-hydrogen) atoms. The van der Waals surface area contributed by atoms with Crippen molar-refractivity contribution in [3.8, 4) is 0 Å². The number of benzene rings is 1. The summed E-state index contributed by atoms with van der Waals surface area (Å²) in [5, 5.41) is 0. The van der Waals surface area contributed by atoms with Crippen molar-refractivity contribution in [2.24, 2.45) is 0 Å². The van der Waals surface area contributed by atoms with Gasteiger partial charge in [0, 0.05) is 19.6 Å². The minimum Gasteiger partial charge on any atom is -0.464 e. The molecular formula is C19H24N4O4. The molecule has 2 N–H and O–H groups in total. The molecule has 1 aliphatic rings. The standard InChI is InChI=1S/C19H24N4O4/c1-12-8-9-13(17-21-16(11-27-17)19(25)26-3)10-23(12)18(24)14-6-4-5-7-15(14)22-20-2/h4-7,11-13,20,22H,8-10H2,1-3H3/t12-,13-/m1/s1. The van der Waals surface area contributed by atoms with Crippen LogP contribution in [0.5, 0.6) is 0 Å². The van der Waals surface area contributed by atoms with Gasteiger partial charge < -0.3 is 19.5 Å². The van der Waals surface area contributed by atoms with Crippen molar-refractivity contribution in [1.82, 2.24) is 15.3 Å². The molecule has 0 aliphatic carbocycles. The van der Waals surface area contributed by atoms with Gasteiger partial charge >= 0.3 is 5.97 Å². The Morgan fingerprint density at radius 3 is 2.81 bits per heavy atom. The monoisotopic (exact) mass is 372 g/mol. The van der Waals surface area contributed by atoms with Crippen LogP contribution in [0.1, 0.15) is 52.4 Å². The third-order valence-electron chi connectivity index (χ3n) is 4.83. The number of para-hydroxylation sites is 1. The number of amides is 1. The van der Waals surface area contributed by atoms with E-state index in [1.54, 1.807) is 13.1 Å². The first-order valence-corrected chi connectivity index (χ1v) is 8.91. The number of esters is 1. The van der Waals surface area contributed by atoms with E-state index in [1.165, 1.54) is 13.4 Å². The Morgan fingerprint density at radius 2 is 2.07 bits per heavy atom. The van der Waals surface area contributed by atoms with Crippen molar-refractivity contribution >= 4 is 17.6 Å². The van der Waals surface area contributed by atoms with Crippen molar-refractivity contribution in [2.75, 3.05) is 26.1 Å². The van der Waals surface area contributed by atoms with Gasteiger partial charge in [0.25, 0.3) is 5.91 Å². The number of oxazole rings is 1. The lowest BCUT2D eigenvalue weighted by Crippen LogP contribution is -2.45. The molecule has 0 unspecified atom stereocenters. The zero-order valence-electron chi connectivity index (χ0n) is 15.7. The Morgan fingerprint density at radius 1 is 1.30 bits per heavy atom. The van der Waals surface area contributed by atoms with Gasteiger partial charge in [-0.25, -0.2) is 15.2 Å². The van der Waals surface area contributed by atoms with E-state index in [1.807, 2.05) is 30.0 Å². The van der Waals surface area contributed by atoms with Crippen molar-refractivity contribution in [1.29, 1.82) is 0 Å². The fraction of sp³-hybridized carbons (Fsp3) is 0.421. The van der Waals surface area contributed by atoms with Gasteiger partial charge in [-0.1, -0.05) is 12.1 Å². The summed E-state index contributed by atoms with van der Waals surface area (Å²) in [6, 6.07) is 7.48. The highest BCUT2D eigenvalue weighted by atomic mass is 16.5. The third-order valence-corrected chi connectivity index (χ3v) is 4.83. The maximum atomic E-state index is 13.2. The number of anilines is 1. The first-order valence-electron chi connectivity index (χ1n) is 8.91. The van der Waals surface area contributed by atoms with Gasteiger partial charge in [-0.2, -0.15) is 0 Å². The number of nitrogens with one attached hydrogen (secondary N) is 2. The van der Waals surface area contributed by atoms with E-state index in [4.69, 9.17) is 4.42 Å². The number of rotatable bonds is 5. The molecule has 2 heterocycles. The Labute approximate surface area is 157 Å². The van der Waals surface area contributed by atoms with Crippen LogP contribution in [-0.2, 0) is 4.74 Å². The highest BCUT2D eigenvalue weighted by molar-refractivity contribution is 5.99. The van der Waals surface area contributed by atoms with E-state index >= 15 is 0 Å². The summed E-state index contributed by atoms with van der Waals surface area (Å²) < 4.78 is 10.2. The highest BCUT2D eigenvalue weighted by Gasteiger charge is 2.33. The smallest absolute Gasteiger partial charge is 0.360 e. The van der Waals surface area contributed by atoms with E-state index in [0.29, 0.717) is 18.0 Å². The molecule has 1 aromatic carbocycles. The molecule has 1 fully saturated rings. The number of carbonyl (C=O) groups excluding carboxylic acids is 2. The number of ether oxygens (including phenoxy) is 1. The van der Waals surface area contributed by atoms with Gasteiger partial charge in [-0.3, -0.25) is 4.79 Å². The van der Waals surface area contributed by atoms with Crippen molar-refractivity contribution < 1.29 is 18.7 Å². The number of piperidine rings is 1. The van der Waals surface area contributed by atoms with E-state index in [9.17, 15) is 9.59 Å². The molecule has 1 saturated heterocycles. The van der Waals surface area contributed by atoms with Crippen LogP contribution < -0.4 is 10.9 Å². The summed E-state index contributed by atoms with van der Waals surface area (Å²) in [4.78, 5) is 30.9. The molecule has 0 bridgehead atoms. The maximum absolute atomic E-state index is 13.2. The molecule has 3 rings (SSSR count). The summed E-state index contributed by atoms with van der Waals surface area (Å²) >= 11 is 0. The second kappa shape index (κ2) is 8.22. The highest BCUT2D eigenvalue weighted by Crippen LogP contribution is 2.31. The molecule has 0 radical (unpaired) electrons. The lowest BCUT2D eigenvalue weighted by Gasteiger charge is -2.37. The lowest BCUT2D eigenvalue weighted by molar-refractivity contribution is 0.0583. The van der Waals surface area contributed by atoms with Gasteiger partial charge in [-0.05, 0) is 31.9 Å². The number of hydrogen-bond acceptors (Lipinski definition) is 7. The number of hydrogen-bond donors (Lipinski definition) is 2. The van der Waals surface area contributed by atoms with Crippen LogP contribution in [0.4, 0.5) is 5.69 Å². The molecule has 144 valence electrons. The van der Waals surface area contributed by atoms with E-state index < -0.39 is 5.97 Å². The number of aromatic nitrogens is 1. The predicted octanol–water partition coefficient (Wildman–Crippen LogP) is 2.42. The summed E-state index contributed by atoms with van der Waals surface area (Å²) in [6.45, 7) is 2.52. The first-order chi connectivity index (χ1) is 13.0. The molecular weight excluding hydrogens is 348 g/mol. The molecule has 2 aromatic rings. The van der Waals surface area contributed by atoms with Crippen LogP contribution in [0.3, 0.4) is 0 Å². The van der Waals surface area contributed by atoms with Crippen LogP contribution in [0.25, 0.3) is 0 Å². The molecule has 1 amide bonds. The minimum absolute atomic E-state index is 0.0507. The average molecular weight is 372 g/mol. The van der Waals surface area contributed by atoms with Crippen molar-refractivity contribution in [3.05, 3.63) is 47.7 Å². The molecule has 8 heteroatoms. The number of nitrogens with zero attached hydrogens (tertiary/aromatic N) is 2.